The Kier molecular flexibility index (Phi) is 4.09. The number of phenolic OH excluding ortho intramolecular Hbond substituents is 1. The summed E-state index contributed by atoms with van der Waals surface area (Å²) in [6.45, 7) is 1.37. The first-order valence-electron chi connectivity index (χ1n) is 6.42. The van der Waals surface area contributed by atoms with E-state index in [2.05, 4.69) is 11.9 Å². The molecular formula is C14H22N2O2. The topological polar surface area (TPSA) is 58.7 Å². The summed E-state index contributed by atoms with van der Waals surface area (Å²) in [5.74, 6) is 1.49. The maximum atomic E-state index is 10.1. The number of benzene rings is 1. The van der Waals surface area contributed by atoms with Crippen LogP contribution in [0, 0.1) is 5.92 Å². The average molecular weight is 250 g/mol. The first kappa shape index (κ1) is 13.2. The lowest BCUT2D eigenvalue weighted by Crippen LogP contribution is -2.39. The van der Waals surface area contributed by atoms with E-state index in [9.17, 15) is 5.11 Å². The third kappa shape index (κ3) is 2.76. The molecule has 3 N–H and O–H groups in total. The molecule has 0 amide bonds. The monoisotopic (exact) mass is 250 g/mol. The molecule has 4 nitrogen and oxygen atoms in total. The fourth-order valence-electron chi connectivity index (χ4n) is 2.46. The highest BCUT2D eigenvalue weighted by Crippen LogP contribution is 2.36. The van der Waals surface area contributed by atoms with Crippen LogP contribution in [0.15, 0.2) is 18.2 Å². The molecule has 0 spiro atoms. The van der Waals surface area contributed by atoms with Crippen molar-refractivity contribution >= 4 is 0 Å². The molecule has 0 aliphatic heterocycles. The van der Waals surface area contributed by atoms with Crippen LogP contribution < -0.4 is 10.5 Å². The van der Waals surface area contributed by atoms with Gasteiger partial charge in [0.05, 0.1) is 7.11 Å². The first-order chi connectivity index (χ1) is 8.67. The summed E-state index contributed by atoms with van der Waals surface area (Å²) in [5.41, 5.74) is 6.72. The number of nitrogens with zero attached hydrogens (tertiary/aromatic N) is 1. The van der Waals surface area contributed by atoms with Crippen LogP contribution in [0.4, 0.5) is 0 Å². The number of aromatic hydroxyl groups is 1. The third-order valence-corrected chi connectivity index (χ3v) is 3.70. The molecule has 100 valence electrons. The molecule has 1 atom stereocenters. The fraction of sp³-hybridized carbons (Fsp3) is 0.571. The third-order valence-electron chi connectivity index (χ3n) is 3.70. The standard InChI is InChI=1S/C14H22N2O2/c1-16(12(8-15)10-6-7-10)9-11-4-3-5-13(18-2)14(11)17/h3-5,10,12,17H,6-9,15H2,1-2H3. The van der Waals surface area contributed by atoms with E-state index >= 15 is 0 Å². The van der Waals surface area contributed by atoms with Crippen molar-refractivity contribution in [3.05, 3.63) is 23.8 Å². The number of ether oxygens (including phenoxy) is 1. The predicted octanol–water partition coefficient (Wildman–Crippen LogP) is 1.57. The van der Waals surface area contributed by atoms with Gasteiger partial charge in [0.25, 0.3) is 0 Å². The Hall–Kier alpha value is -1.26. The van der Waals surface area contributed by atoms with Crippen LogP contribution in [0.5, 0.6) is 11.5 Å². The zero-order valence-electron chi connectivity index (χ0n) is 11.1. The highest BCUT2D eigenvalue weighted by atomic mass is 16.5. The molecule has 0 aromatic heterocycles. The van der Waals surface area contributed by atoms with Gasteiger partial charge in [0.2, 0.25) is 0 Å². The Bertz CT molecular complexity index is 405. The van der Waals surface area contributed by atoms with Gasteiger partial charge in [-0.3, -0.25) is 4.90 Å². The number of methoxy groups -OCH3 is 1. The second kappa shape index (κ2) is 5.59. The van der Waals surface area contributed by atoms with Crippen molar-refractivity contribution in [3.8, 4) is 11.5 Å². The lowest BCUT2D eigenvalue weighted by Gasteiger charge is -2.27. The number of hydrogen-bond donors (Lipinski definition) is 2. The van der Waals surface area contributed by atoms with Crippen LogP contribution in [-0.2, 0) is 6.54 Å². The Morgan fingerprint density at radius 1 is 1.50 bits per heavy atom. The van der Waals surface area contributed by atoms with Gasteiger partial charge in [-0.1, -0.05) is 12.1 Å². The first-order valence-corrected chi connectivity index (χ1v) is 6.42. The van der Waals surface area contributed by atoms with E-state index in [1.165, 1.54) is 12.8 Å². The van der Waals surface area contributed by atoms with Gasteiger partial charge in [-0.25, -0.2) is 0 Å². The van der Waals surface area contributed by atoms with Crippen LogP contribution in [0.3, 0.4) is 0 Å². The van der Waals surface area contributed by atoms with Gasteiger partial charge < -0.3 is 15.6 Å². The van der Waals surface area contributed by atoms with E-state index in [4.69, 9.17) is 10.5 Å². The molecular weight excluding hydrogens is 228 g/mol. The van der Waals surface area contributed by atoms with Crippen LogP contribution in [0.2, 0.25) is 0 Å². The van der Waals surface area contributed by atoms with Crippen molar-refractivity contribution in [2.75, 3.05) is 20.7 Å². The average Bonchev–Trinajstić information content (AvgIpc) is 3.17. The van der Waals surface area contributed by atoms with Gasteiger partial charge in [-0.15, -0.1) is 0 Å². The van der Waals surface area contributed by atoms with Crippen LogP contribution in [0.1, 0.15) is 18.4 Å². The van der Waals surface area contributed by atoms with Crippen LogP contribution >= 0.6 is 0 Å². The van der Waals surface area contributed by atoms with E-state index in [1.54, 1.807) is 13.2 Å². The number of hydrogen-bond acceptors (Lipinski definition) is 4. The van der Waals surface area contributed by atoms with Crippen molar-refractivity contribution in [1.29, 1.82) is 0 Å². The highest BCUT2D eigenvalue weighted by Gasteiger charge is 2.32. The SMILES string of the molecule is COc1cccc(CN(C)C(CN)C2CC2)c1O. The number of rotatable bonds is 6. The molecule has 0 heterocycles. The molecule has 4 heteroatoms. The van der Waals surface area contributed by atoms with Crippen molar-refractivity contribution in [3.63, 3.8) is 0 Å². The fourth-order valence-corrected chi connectivity index (χ4v) is 2.46. The van der Waals surface area contributed by atoms with E-state index in [0.717, 1.165) is 11.5 Å². The van der Waals surface area contributed by atoms with E-state index in [0.29, 0.717) is 24.9 Å². The molecule has 0 radical (unpaired) electrons. The van der Waals surface area contributed by atoms with Crippen LogP contribution in [0.25, 0.3) is 0 Å². The lowest BCUT2D eigenvalue weighted by atomic mass is 10.1. The molecule has 18 heavy (non-hydrogen) atoms. The highest BCUT2D eigenvalue weighted by molar-refractivity contribution is 5.45. The van der Waals surface area contributed by atoms with Gasteiger partial charge in [0.15, 0.2) is 11.5 Å². The van der Waals surface area contributed by atoms with Crippen LogP contribution in [-0.4, -0.2) is 36.8 Å². The zero-order chi connectivity index (χ0) is 13.1. The molecule has 1 unspecified atom stereocenters. The summed E-state index contributed by atoms with van der Waals surface area (Å²) >= 11 is 0. The number of phenols is 1. The number of para-hydroxylation sites is 1. The Labute approximate surface area is 108 Å². The van der Waals surface area contributed by atoms with Crippen molar-refractivity contribution in [1.82, 2.24) is 4.90 Å². The Morgan fingerprint density at radius 2 is 2.22 bits per heavy atom. The largest absolute Gasteiger partial charge is 0.504 e. The normalized spacial score (nSPS) is 16.9. The van der Waals surface area contributed by atoms with E-state index in [1.807, 2.05) is 12.1 Å². The summed E-state index contributed by atoms with van der Waals surface area (Å²) in [4.78, 5) is 2.23. The van der Waals surface area contributed by atoms with E-state index in [-0.39, 0.29) is 5.75 Å². The zero-order valence-corrected chi connectivity index (χ0v) is 11.1. The summed E-state index contributed by atoms with van der Waals surface area (Å²) in [6.07, 6.45) is 2.55. The molecule has 1 saturated carbocycles. The van der Waals surface area contributed by atoms with E-state index < -0.39 is 0 Å². The smallest absolute Gasteiger partial charge is 0.162 e. The van der Waals surface area contributed by atoms with Gasteiger partial charge >= 0.3 is 0 Å². The summed E-state index contributed by atoms with van der Waals surface area (Å²) in [6, 6.07) is 6.00. The summed E-state index contributed by atoms with van der Waals surface area (Å²) < 4.78 is 5.12. The summed E-state index contributed by atoms with van der Waals surface area (Å²) in [5, 5.41) is 10.1. The minimum atomic E-state index is 0.235. The molecule has 1 aromatic carbocycles. The molecule has 0 saturated heterocycles. The molecule has 1 aliphatic carbocycles. The molecule has 1 fully saturated rings. The van der Waals surface area contributed by atoms with Crippen molar-refractivity contribution in [2.45, 2.75) is 25.4 Å². The minimum absolute atomic E-state index is 0.235. The number of nitrogens with two attached hydrogens (primary N) is 1. The maximum absolute atomic E-state index is 10.1. The van der Waals surface area contributed by atoms with Gasteiger partial charge in [0, 0.05) is 24.7 Å². The lowest BCUT2D eigenvalue weighted by molar-refractivity contribution is 0.212. The molecule has 0 bridgehead atoms. The second-order valence-electron chi connectivity index (χ2n) is 5.02. The van der Waals surface area contributed by atoms with Gasteiger partial charge in [-0.2, -0.15) is 0 Å². The van der Waals surface area contributed by atoms with Gasteiger partial charge in [-0.05, 0) is 31.9 Å². The van der Waals surface area contributed by atoms with Gasteiger partial charge in [0.1, 0.15) is 0 Å². The molecule has 1 aliphatic rings. The second-order valence-corrected chi connectivity index (χ2v) is 5.02. The van der Waals surface area contributed by atoms with Crippen molar-refractivity contribution < 1.29 is 9.84 Å². The van der Waals surface area contributed by atoms with Crippen molar-refractivity contribution in [2.24, 2.45) is 11.7 Å². The summed E-state index contributed by atoms with van der Waals surface area (Å²) in [7, 11) is 3.63. The minimum Gasteiger partial charge on any atom is -0.504 e. The predicted molar refractivity (Wildman–Crippen MR) is 71.7 cm³/mol. The quantitative estimate of drug-likeness (QED) is 0.804. The maximum Gasteiger partial charge on any atom is 0.162 e. The Morgan fingerprint density at radius 3 is 2.78 bits per heavy atom. The number of likely N-dealkylation sites (N-methyl/N-ethyl adjacent to an activating group) is 1. The molecule has 2 rings (SSSR count). The Balaban J connectivity index is 2.08. The molecule has 1 aromatic rings.